The van der Waals surface area contributed by atoms with Crippen molar-refractivity contribution >= 4 is 17.4 Å². The summed E-state index contributed by atoms with van der Waals surface area (Å²) in [4.78, 5) is 12.0. The molecule has 1 saturated heterocycles. The smallest absolute Gasteiger partial charge is 0.134 e. The number of hydrogen-bond donors (Lipinski definition) is 0. The molecule has 0 N–H and O–H groups in total. The third-order valence-electron chi connectivity index (χ3n) is 5.33. The Morgan fingerprint density at radius 2 is 1.96 bits per heavy atom. The van der Waals surface area contributed by atoms with Crippen LogP contribution in [-0.2, 0) is 6.54 Å². The van der Waals surface area contributed by atoms with Gasteiger partial charge in [0.05, 0.1) is 11.7 Å². The quantitative estimate of drug-likeness (QED) is 0.753. The van der Waals surface area contributed by atoms with Crippen molar-refractivity contribution in [2.75, 3.05) is 11.4 Å². The lowest BCUT2D eigenvalue weighted by molar-refractivity contribution is 0.481. The summed E-state index contributed by atoms with van der Waals surface area (Å²) in [5.41, 5.74) is 3.27. The Hall–Kier alpha value is -1.62. The van der Waals surface area contributed by atoms with Gasteiger partial charge in [-0.2, -0.15) is 5.10 Å². The molecular weight excluding hydrogens is 346 g/mol. The Kier molecular flexibility index (Phi) is 4.68. The first-order valence-electron chi connectivity index (χ1n) is 9.79. The molecule has 1 aliphatic heterocycles. The van der Waals surface area contributed by atoms with Crippen LogP contribution in [-0.4, -0.2) is 26.3 Å². The second kappa shape index (κ2) is 6.84. The van der Waals surface area contributed by atoms with Crippen LogP contribution in [0, 0.1) is 19.8 Å². The van der Waals surface area contributed by atoms with E-state index >= 15 is 0 Å². The molecule has 2 aromatic heterocycles. The highest BCUT2D eigenvalue weighted by Crippen LogP contribution is 2.42. The maximum atomic E-state index is 6.77. The molecule has 0 radical (unpaired) electrons. The maximum Gasteiger partial charge on any atom is 0.134 e. The fraction of sp³-hybridized carbons (Fsp3) is 0.650. The SMILES string of the molecule is Cc1cc(N2CCCC2c2c(C)nn(CC(C)C)c2Cl)nc(C2CC2)n1. The van der Waals surface area contributed by atoms with E-state index in [0.717, 1.165) is 54.1 Å². The summed E-state index contributed by atoms with van der Waals surface area (Å²) in [6.07, 6.45) is 4.69. The summed E-state index contributed by atoms with van der Waals surface area (Å²) in [6.45, 7) is 10.4. The van der Waals surface area contributed by atoms with E-state index in [1.165, 1.54) is 18.4 Å². The number of rotatable bonds is 5. The van der Waals surface area contributed by atoms with Crippen LogP contribution in [0.15, 0.2) is 6.07 Å². The van der Waals surface area contributed by atoms with Crippen LogP contribution < -0.4 is 4.90 Å². The predicted octanol–water partition coefficient (Wildman–Crippen LogP) is 4.82. The molecule has 0 amide bonds. The van der Waals surface area contributed by atoms with Crippen molar-refractivity contribution in [1.82, 2.24) is 19.7 Å². The molecule has 1 saturated carbocycles. The number of anilines is 1. The van der Waals surface area contributed by atoms with E-state index in [9.17, 15) is 0 Å². The van der Waals surface area contributed by atoms with Gasteiger partial charge in [-0.05, 0) is 45.4 Å². The molecule has 0 spiro atoms. The van der Waals surface area contributed by atoms with E-state index in [4.69, 9.17) is 21.7 Å². The van der Waals surface area contributed by atoms with Crippen LogP contribution in [0.2, 0.25) is 5.15 Å². The topological polar surface area (TPSA) is 46.8 Å². The van der Waals surface area contributed by atoms with Crippen LogP contribution in [0.1, 0.15) is 74.3 Å². The summed E-state index contributed by atoms with van der Waals surface area (Å²) < 4.78 is 1.97. The number of nitrogens with zero attached hydrogens (tertiary/aromatic N) is 5. The van der Waals surface area contributed by atoms with Gasteiger partial charge in [-0.25, -0.2) is 9.97 Å². The molecule has 1 unspecified atom stereocenters. The van der Waals surface area contributed by atoms with E-state index in [1.54, 1.807) is 0 Å². The van der Waals surface area contributed by atoms with Crippen molar-refractivity contribution in [1.29, 1.82) is 0 Å². The first-order valence-corrected chi connectivity index (χ1v) is 10.2. The molecule has 2 fully saturated rings. The van der Waals surface area contributed by atoms with Crippen LogP contribution >= 0.6 is 11.6 Å². The van der Waals surface area contributed by atoms with Crippen LogP contribution in [0.25, 0.3) is 0 Å². The first kappa shape index (κ1) is 17.8. The first-order chi connectivity index (χ1) is 12.4. The Morgan fingerprint density at radius 1 is 1.19 bits per heavy atom. The largest absolute Gasteiger partial charge is 0.349 e. The van der Waals surface area contributed by atoms with Crippen molar-refractivity contribution in [2.45, 2.75) is 71.9 Å². The zero-order chi connectivity index (χ0) is 18.4. The lowest BCUT2D eigenvalue weighted by Gasteiger charge is -2.26. The van der Waals surface area contributed by atoms with E-state index in [1.807, 2.05) is 4.68 Å². The average molecular weight is 374 g/mol. The summed E-state index contributed by atoms with van der Waals surface area (Å²) in [5.74, 6) is 3.15. The Bertz CT molecular complexity index is 809. The van der Waals surface area contributed by atoms with Crippen LogP contribution in [0.5, 0.6) is 0 Å². The van der Waals surface area contributed by atoms with E-state index in [0.29, 0.717) is 11.8 Å². The van der Waals surface area contributed by atoms with Gasteiger partial charge < -0.3 is 4.90 Å². The molecule has 3 heterocycles. The van der Waals surface area contributed by atoms with Gasteiger partial charge in [0, 0.05) is 36.3 Å². The van der Waals surface area contributed by atoms with Crippen molar-refractivity contribution in [2.24, 2.45) is 5.92 Å². The van der Waals surface area contributed by atoms with Gasteiger partial charge in [0.2, 0.25) is 0 Å². The number of aromatic nitrogens is 4. The fourth-order valence-electron chi connectivity index (χ4n) is 4.00. The zero-order valence-corrected chi connectivity index (χ0v) is 16.9. The van der Waals surface area contributed by atoms with E-state index < -0.39 is 0 Å². The third kappa shape index (κ3) is 3.34. The molecule has 2 aliphatic rings. The molecule has 2 aromatic rings. The van der Waals surface area contributed by atoms with Crippen molar-refractivity contribution in [3.63, 3.8) is 0 Å². The summed E-state index contributed by atoms with van der Waals surface area (Å²) in [7, 11) is 0. The van der Waals surface area contributed by atoms with Crippen molar-refractivity contribution < 1.29 is 0 Å². The molecule has 4 rings (SSSR count). The lowest BCUT2D eigenvalue weighted by Crippen LogP contribution is -2.25. The van der Waals surface area contributed by atoms with Gasteiger partial charge in [-0.1, -0.05) is 25.4 Å². The average Bonchev–Trinajstić information content (AvgIpc) is 3.25. The monoisotopic (exact) mass is 373 g/mol. The van der Waals surface area contributed by atoms with Gasteiger partial charge in [-0.3, -0.25) is 4.68 Å². The third-order valence-corrected chi connectivity index (χ3v) is 5.73. The fourth-order valence-corrected chi connectivity index (χ4v) is 4.37. The maximum absolute atomic E-state index is 6.77. The number of hydrogen-bond acceptors (Lipinski definition) is 4. The highest BCUT2D eigenvalue weighted by molar-refractivity contribution is 6.30. The Morgan fingerprint density at radius 3 is 2.65 bits per heavy atom. The second-order valence-electron chi connectivity index (χ2n) is 8.22. The van der Waals surface area contributed by atoms with E-state index in [2.05, 4.69) is 43.6 Å². The molecular formula is C20H28ClN5. The molecule has 6 heteroatoms. The summed E-state index contributed by atoms with van der Waals surface area (Å²) >= 11 is 6.77. The summed E-state index contributed by atoms with van der Waals surface area (Å²) in [6, 6.07) is 2.37. The molecule has 26 heavy (non-hydrogen) atoms. The van der Waals surface area contributed by atoms with E-state index in [-0.39, 0.29) is 6.04 Å². The Balaban J connectivity index is 1.68. The normalized spacial score (nSPS) is 20.4. The molecule has 5 nitrogen and oxygen atoms in total. The zero-order valence-electron chi connectivity index (χ0n) is 16.2. The minimum atomic E-state index is 0.254. The van der Waals surface area contributed by atoms with Gasteiger partial charge in [0.15, 0.2) is 0 Å². The molecule has 1 aliphatic carbocycles. The number of aryl methyl sites for hydroxylation is 2. The minimum Gasteiger partial charge on any atom is -0.349 e. The minimum absolute atomic E-state index is 0.254. The molecule has 140 valence electrons. The molecule has 1 atom stereocenters. The summed E-state index contributed by atoms with van der Waals surface area (Å²) in [5, 5.41) is 5.51. The molecule has 0 bridgehead atoms. The van der Waals surface area contributed by atoms with Gasteiger partial charge in [-0.15, -0.1) is 0 Å². The van der Waals surface area contributed by atoms with Crippen molar-refractivity contribution in [3.8, 4) is 0 Å². The second-order valence-corrected chi connectivity index (χ2v) is 8.58. The van der Waals surface area contributed by atoms with Gasteiger partial charge >= 0.3 is 0 Å². The standard InChI is InChI=1S/C20H28ClN5/c1-12(2)11-26-19(21)18(14(4)24-26)16-6-5-9-25(16)17-10-13(3)22-20(23-17)15-7-8-15/h10,12,15-16H,5-9,11H2,1-4H3. The van der Waals surface area contributed by atoms with Crippen LogP contribution in [0.4, 0.5) is 5.82 Å². The highest BCUT2D eigenvalue weighted by atomic mass is 35.5. The van der Waals surface area contributed by atoms with Crippen LogP contribution in [0.3, 0.4) is 0 Å². The molecule has 0 aromatic carbocycles. The van der Waals surface area contributed by atoms with Gasteiger partial charge in [0.1, 0.15) is 16.8 Å². The number of halogens is 1. The predicted molar refractivity (Wildman–Crippen MR) is 105 cm³/mol. The lowest BCUT2D eigenvalue weighted by atomic mass is 10.1. The Labute approximate surface area is 160 Å². The highest BCUT2D eigenvalue weighted by Gasteiger charge is 2.34. The van der Waals surface area contributed by atoms with Gasteiger partial charge in [0.25, 0.3) is 0 Å². The van der Waals surface area contributed by atoms with Crippen molar-refractivity contribution in [3.05, 3.63) is 34.0 Å².